The second-order valence-electron chi connectivity index (χ2n) is 3.34. The van der Waals surface area contributed by atoms with Gasteiger partial charge >= 0.3 is 0 Å². The topological polar surface area (TPSA) is 49.4 Å². The fourth-order valence-electron chi connectivity index (χ4n) is 1.82. The fourth-order valence-corrected chi connectivity index (χ4v) is 1.82. The minimum atomic E-state index is -0.0437. The minimum absolute atomic E-state index is 0.0437. The van der Waals surface area contributed by atoms with Crippen LogP contribution in [0.25, 0.3) is 0 Å². The maximum atomic E-state index is 10.8. The summed E-state index contributed by atoms with van der Waals surface area (Å²) < 4.78 is 0. The molecule has 2 heterocycles. The number of carbonyl (C=O) groups is 2. The van der Waals surface area contributed by atoms with Gasteiger partial charge in [-0.25, -0.2) is 0 Å². The van der Waals surface area contributed by atoms with Crippen LogP contribution in [0.15, 0.2) is 0 Å². The van der Waals surface area contributed by atoms with Crippen LogP contribution in [-0.2, 0) is 9.59 Å². The first-order valence-electron chi connectivity index (χ1n) is 3.74. The van der Waals surface area contributed by atoms with Crippen molar-refractivity contribution in [3.8, 4) is 0 Å². The highest BCUT2D eigenvalue weighted by molar-refractivity contribution is 5.80. The number of carbonyl (C=O) groups excluding carboxylic acids is 2. The molecular weight excluding hydrogens is 144 g/mol. The zero-order chi connectivity index (χ0) is 7.90. The average Bonchev–Trinajstić information content (AvgIpc) is 2.28. The molecule has 0 radical (unpaired) electrons. The Kier molecular flexibility index (Phi) is 1.19. The second kappa shape index (κ2) is 1.96. The molecule has 0 aromatic heterocycles. The van der Waals surface area contributed by atoms with Crippen LogP contribution < -0.4 is 5.32 Å². The maximum Gasteiger partial charge on any atom is 0.220 e. The van der Waals surface area contributed by atoms with E-state index in [9.17, 15) is 9.59 Å². The van der Waals surface area contributed by atoms with Crippen molar-refractivity contribution < 1.29 is 9.59 Å². The number of nitrogens with zero attached hydrogens (tertiary/aromatic N) is 1. The van der Waals surface area contributed by atoms with E-state index in [0.29, 0.717) is 19.5 Å². The molecule has 2 aliphatic heterocycles. The number of hydrogen-bond donors (Lipinski definition) is 1. The molecule has 0 bridgehead atoms. The lowest BCUT2D eigenvalue weighted by Gasteiger charge is -2.45. The zero-order valence-corrected chi connectivity index (χ0v) is 6.17. The summed E-state index contributed by atoms with van der Waals surface area (Å²) in [5.41, 5.74) is -0.0437. The Balaban J connectivity index is 1.97. The lowest BCUT2D eigenvalue weighted by Crippen LogP contribution is -2.66. The highest BCUT2D eigenvalue weighted by atomic mass is 16.2. The Morgan fingerprint density at radius 1 is 1.55 bits per heavy atom. The Labute approximate surface area is 64.5 Å². The van der Waals surface area contributed by atoms with Crippen LogP contribution >= 0.6 is 0 Å². The number of hydrogen-bond acceptors (Lipinski definition) is 2. The van der Waals surface area contributed by atoms with Crippen LogP contribution in [0.3, 0.4) is 0 Å². The third-order valence-electron chi connectivity index (χ3n) is 2.40. The molecule has 1 spiro atoms. The molecule has 2 amide bonds. The monoisotopic (exact) mass is 154 g/mol. The van der Waals surface area contributed by atoms with Crippen LogP contribution in [0.2, 0.25) is 0 Å². The summed E-state index contributed by atoms with van der Waals surface area (Å²) in [6, 6.07) is 0. The third kappa shape index (κ3) is 0.895. The van der Waals surface area contributed by atoms with Gasteiger partial charge in [0.2, 0.25) is 12.3 Å². The summed E-state index contributed by atoms with van der Waals surface area (Å²) >= 11 is 0. The van der Waals surface area contributed by atoms with Crippen LogP contribution in [0, 0.1) is 0 Å². The molecule has 0 atom stereocenters. The highest BCUT2D eigenvalue weighted by Gasteiger charge is 2.47. The van der Waals surface area contributed by atoms with Gasteiger partial charge in [-0.3, -0.25) is 9.59 Å². The van der Waals surface area contributed by atoms with Gasteiger partial charge in [-0.05, 0) is 6.42 Å². The average molecular weight is 154 g/mol. The van der Waals surface area contributed by atoms with E-state index in [0.717, 1.165) is 12.8 Å². The van der Waals surface area contributed by atoms with E-state index in [1.54, 1.807) is 4.90 Å². The van der Waals surface area contributed by atoms with E-state index in [2.05, 4.69) is 5.32 Å². The molecular formula is C7H10N2O2. The van der Waals surface area contributed by atoms with Crippen molar-refractivity contribution in [2.24, 2.45) is 0 Å². The molecule has 0 aromatic rings. The van der Waals surface area contributed by atoms with Crippen molar-refractivity contribution >= 4 is 12.3 Å². The number of likely N-dealkylation sites (tertiary alicyclic amines) is 1. The Bertz CT molecular complexity index is 208. The minimum Gasteiger partial charge on any atom is -0.347 e. The second-order valence-corrected chi connectivity index (χ2v) is 3.34. The molecule has 0 aliphatic carbocycles. The molecule has 2 saturated heterocycles. The van der Waals surface area contributed by atoms with E-state index in [1.807, 2.05) is 0 Å². The van der Waals surface area contributed by atoms with Crippen molar-refractivity contribution in [3.63, 3.8) is 0 Å². The number of rotatable bonds is 1. The molecule has 60 valence electrons. The van der Waals surface area contributed by atoms with E-state index in [-0.39, 0.29) is 11.4 Å². The van der Waals surface area contributed by atoms with E-state index < -0.39 is 0 Å². The fraction of sp³-hybridized carbons (Fsp3) is 0.714. The first-order chi connectivity index (χ1) is 5.24. The molecule has 4 heteroatoms. The quantitative estimate of drug-likeness (QED) is 0.498. The lowest BCUT2D eigenvalue weighted by atomic mass is 9.89. The van der Waals surface area contributed by atoms with Crippen LogP contribution in [0.5, 0.6) is 0 Å². The van der Waals surface area contributed by atoms with Crippen LogP contribution in [0.1, 0.15) is 12.8 Å². The third-order valence-corrected chi connectivity index (χ3v) is 2.40. The number of amides is 2. The predicted octanol–water partition coefficient (Wildman–Crippen LogP) is -0.893. The van der Waals surface area contributed by atoms with Crippen molar-refractivity contribution in [2.45, 2.75) is 18.4 Å². The van der Waals surface area contributed by atoms with Crippen molar-refractivity contribution in [2.75, 3.05) is 13.1 Å². The lowest BCUT2D eigenvalue weighted by molar-refractivity contribution is -0.128. The Morgan fingerprint density at radius 3 is 2.73 bits per heavy atom. The van der Waals surface area contributed by atoms with Gasteiger partial charge in [-0.2, -0.15) is 0 Å². The van der Waals surface area contributed by atoms with Gasteiger partial charge < -0.3 is 10.2 Å². The summed E-state index contributed by atoms with van der Waals surface area (Å²) in [6.45, 7) is 1.39. The van der Waals surface area contributed by atoms with Gasteiger partial charge in [0.15, 0.2) is 0 Å². The van der Waals surface area contributed by atoms with E-state index >= 15 is 0 Å². The molecule has 1 N–H and O–H groups in total. The van der Waals surface area contributed by atoms with Gasteiger partial charge in [0, 0.05) is 19.5 Å². The van der Waals surface area contributed by atoms with E-state index in [1.165, 1.54) is 0 Å². The molecule has 11 heavy (non-hydrogen) atoms. The van der Waals surface area contributed by atoms with Crippen molar-refractivity contribution in [1.29, 1.82) is 0 Å². The highest BCUT2D eigenvalue weighted by Crippen LogP contribution is 2.28. The Hall–Kier alpha value is -1.06. The molecule has 4 nitrogen and oxygen atoms in total. The first-order valence-corrected chi connectivity index (χ1v) is 3.74. The SMILES string of the molecule is O=CN1CC2(CCC(=O)N2)C1. The number of nitrogens with one attached hydrogen (secondary N) is 1. The van der Waals surface area contributed by atoms with Gasteiger partial charge in [-0.15, -0.1) is 0 Å². The smallest absolute Gasteiger partial charge is 0.220 e. The molecule has 0 aromatic carbocycles. The largest absolute Gasteiger partial charge is 0.347 e. The van der Waals surface area contributed by atoms with Gasteiger partial charge in [0.1, 0.15) is 0 Å². The van der Waals surface area contributed by atoms with Crippen LogP contribution in [0.4, 0.5) is 0 Å². The van der Waals surface area contributed by atoms with Crippen molar-refractivity contribution in [3.05, 3.63) is 0 Å². The summed E-state index contributed by atoms with van der Waals surface area (Å²) in [7, 11) is 0. The van der Waals surface area contributed by atoms with Gasteiger partial charge in [-0.1, -0.05) is 0 Å². The summed E-state index contributed by atoms with van der Waals surface area (Å²) in [5, 5.41) is 2.89. The molecule has 2 rings (SSSR count). The zero-order valence-electron chi connectivity index (χ0n) is 6.17. The standard InChI is InChI=1S/C7H10N2O2/c10-5-9-3-7(4-9)2-1-6(11)8-7/h5H,1-4H2,(H,8,11). The summed E-state index contributed by atoms with van der Waals surface area (Å²) in [5.74, 6) is 0.121. The summed E-state index contributed by atoms with van der Waals surface area (Å²) in [4.78, 5) is 22.7. The van der Waals surface area contributed by atoms with Crippen LogP contribution in [-0.4, -0.2) is 35.8 Å². The first kappa shape index (κ1) is 6.64. The van der Waals surface area contributed by atoms with Crippen molar-refractivity contribution in [1.82, 2.24) is 10.2 Å². The molecule has 2 aliphatic rings. The molecule has 0 saturated carbocycles. The predicted molar refractivity (Wildman–Crippen MR) is 37.7 cm³/mol. The maximum absolute atomic E-state index is 10.8. The van der Waals surface area contributed by atoms with Gasteiger partial charge in [0.05, 0.1) is 5.54 Å². The molecule has 2 fully saturated rings. The Morgan fingerprint density at radius 2 is 2.27 bits per heavy atom. The summed E-state index contributed by atoms with van der Waals surface area (Å²) in [6.07, 6.45) is 2.33. The van der Waals surface area contributed by atoms with E-state index in [4.69, 9.17) is 0 Å². The molecule has 0 unspecified atom stereocenters. The normalized spacial score (nSPS) is 26.5. The van der Waals surface area contributed by atoms with Gasteiger partial charge in [0.25, 0.3) is 0 Å².